The number of rotatable bonds is 4. The minimum absolute atomic E-state index is 0.195. The second-order valence-corrected chi connectivity index (χ2v) is 4.50. The van der Waals surface area contributed by atoms with Crippen molar-refractivity contribution in [3.05, 3.63) is 52.7 Å². The van der Waals surface area contributed by atoms with E-state index in [-0.39, 0.29) is 6.04 Å². The Morgan fingerprint density at radius 3 is 2.94 bits per heavy atom. The Hall–Kier alpha value is -1.13. The third kappa shape index (κ3) is 2.93. The van der Waals surface area contributed by atoms with E-state index in [0.717, 1.165) is 22.5 Å². The number of nitrogens with zero attached hydrogens (tertiary/aromatic N) is 1. The van der Waals surface area contributed by atoms with Crippen molar-refractivity contribution in [3.8, 4) is 0 Å². The summed E-state index contributed by atoms with van der Waals surface area (Å²) >= 11 is 3.36. The summed E-state index contributed by atoms with van der Waals surface area (Å²) in [5, 5.41) is 3.35. The fourth-order valence-corrected chi connectivity index (χ4v) is 1.64. The van der Waals surface area contributed by atoms with Crippen molar-refractivity contribution in [2.45, 2.75) is 19.5 Å². The Bertz CT molecular complexity index is 425. The lowest BCUT2D eigenvalue weighted by atomic mass is 10.2. The minimum Gasteiger partial charge on any atom is -0.468 e. The number of halogens is 1. The lowest BCUT2D eigenvalue weighted by Crippen LogP contribution is -2.18. The normalized spacial score (nSPS) is 12.6. The zero-order chi connectivity index (χ0) is 11.4. The van der Waals surface area contributed by atoms with Crippen molar-refractivity contribution in [2.24, 2.45) is 0 Å². The Labute approximate surface area is 103 Å². The highest BCUT2D eigenvalue weighted by Gasteiger charge is 2.07. The first-order valence-corrected chi connectivity index (χ1v) is 5.92. The van der Waals surface area contributed by atoms with Gasteiger partial charge in [0.1, 0.15) is 5.76 Å². The summed E-state index contributed by atoms with van der Waals surface area (Å²) in [5.41, 5.74) is 1.02. The van der Waals surface area contributed by atoms with E-state index < -0.39 is 0 Å². The van der Waals surface area contributed by atoms with Crippen LogP contribution in [0, 0.1) is 0 Å². The van der Waals surface area contributed by atoms with E-state index in [4.69, 9.17) is 4.42 Å². The van der Waals surface area contributed by atoms with E-state index in [9.17, 15) is 0 Å². The Kier molecular flexibility index (Phi) is 3.74. The molecule has 0 unspecified atom stereocenters. The fourth-order valence-electron chi connectivity index (χ4n) is 1.41. The SMILES string of the molecule is C[C@@H](NCc1ccc(Br)cn1)c1ccco1. The van der Waals surface area contributed by atoms with Gasteiger partial charge < -0.3 is 9.73 Å². The van der Waals surface area contributed by atoms with Crippen molar-refractivity contribution < 1.29 is 4.42 Å². The highest BCUT2D eigenvalue weighted by atomic mass is 79.9. The number of aromatic nitrogens is 1. The summed E-state index contributed by atoms with van der Waals surface area (Å²) < 4.78 is 6.31. The maximum atomic E-state index is 5.31. The van der Waals surface area contributed by atoms with Crippen molar-refractivity contribution >= 4 is 15.9 Å². The van der Waals surface area contributed by atoms with Gasteiger partial charge in [-0.05, 0) is 47.1 Å². The molecule has 0 aliphatic carbocycles. The van der Waals surface area contributed by atoms with Gasteiger partial charge >= 0.3 is 0 Å². The van der Waals surface area contributed by atoms with E-state index >= 15 is 0 Å². The van der Waals surface area contributed by atoms with Gasteiger partial charge in [-0.15, -0.1) is 0 Å². The maximum Gasteiger partial charge on any atom is 0.120 e. The van der Waals surface area contributed by atoms with Gasteiger partial charge in [0, 0.05) is 17.2 Å². The highest BCUT2D eigenvalue weighted by Crippen LogP contribution is 2.13. The molecule has 0 bridgehead atoms. The summed E-state index contributed by atoms with van der Waals surface area (Å²) in [5.74, 6) is 0.942. The molecule has 1 atom stereocenters. The van der Waals surface area contributed by atoms with Crippen molar-refractivity contribution in [1.29, 1.82) is 0 Å². The molecule has 2 rings (SSSR count). The van der Waals surface area contributed by atoms with E-state index in [2.05, 4.69) is 33.2 Å². The molecule has 0 saturated carbocycles. The van der Waals surface area contributed by atoms with E-state index in [1.54, 1.807) is 12.5 Å². The molecule has 2 aromatic rings. The summed E-state index contributed by atoms with van der Waals surface area (Å²) in [7, 11) is 0. The zero-order valence-corrected chi connectivity index (χ0v) is 10.6. The number of pyridine rings is 1. The molecule has 0 saturated heterocycles. The monoisotopic (exact) mass is 280 g/mol. The Morgan fingerprint density at radius 2 is 2.31 bits per heavy atom. The summed E-state index contributed by atoms with van der Waals surface area (Å²) in [4.78, 5) is 4.29. The molecule has 1 N–H and O–H groups in total. The van der Waals surface area contributed by atoms with Gasteiger partial charge in [-0.2, -0.15) is 0 Å². The van der Waals surface area contributed by atoms with Crippen LogP contribution in [0.3, 0.4) is 0 Å². The molecule has 2 aromatic heterocycles. The van der Waals surface area contributed by atoms with Gasteiger partial charge in [0.2, 0.25) is 0 Å². The number of nitrogens with one attached hydrogen (secondary N) is 1. The topological polar surface area (TPSA) is 38.1 Å². The van der Waals surface area contributed by atoms with Gasteiger partial charge in [-0.3, -0.25) is 4.98 Å². The van der Waals surface area contributed by atoms with Crippen LogP contribution in [0.1, 0.15) is 24.4 Å². The van der Waals surface area contributed by atoms with Crippen LogP contribution in [0.2, 0.25) is 0 Å². The fraction of sp³-hybridized carbons (Fsp3) is 0.250. The lowest BCUT2D eigenvalue weighted by molar-refractivity contribution is 0.429. The maximum absolute atomic E-state index is 5.31. The molecular weight excluding hydrogens is 268 g/mol. The number of hydrogen-bond donors (Lipinski definition) is 1. The second-order valence-electron chi connectivity index (χ2n) is 3.59. The van der Waals surface area contributed by atoms with Crippen LogP contribution in [0.15, 0.2) is 45.6 Å². The molecule has 0 fully saturated rings. The molecule has 0 radical (unpaired) electrons. The predicted molar refractivity (Wildman–Crippen MR) is 65.9 cm³/mol. The van der Waals surface area contributed by atoms with Crippen LogP contribution >= 0.6 is 15.9 Å². The van der Waals surface area contributed by atoms with Crippen LogP contribution in [0.4, 0.5) is 0 Å². The molecule has 0 amide bonds. The average molecular weight is 281 g/mol. The summed E-state index contributed by atoms with van der Waals surface area (Å²) in [6, 6.07) is 8.03. The Balaban J connectivity index is 1.90. The third-order valence-electron chi connectivity index (χ3n) is 2.35. The van der Waals surface area contributed by atoms with Crippen LogP contribution in [0.5, 0.6) is 0 Å². The van der Waals surface area contributed by atoms with Gasteiger partial charge in [-0.25, -0.2) is 0 Å². The van der Waals surface area contributed by atoms with E-state index in [1.807, 2.05) is 24.3 Å². The van der Waals surface area contributed by atoms with Crippen LogP contribution in [0.25, 0.3) is 0 Å². The molecule has 0 aliphatic heterocycles. The van der Waals surface area contributed by atoms with Crippen LogP contribution in [-0.2, 0) is 6.54 Å². The van der Waals surface area contributed by atoms with Crippen LogP contribution < -0.4 is 5.32 Å². The second kappa shape index (κ2) is 5.27. The lowest BCUT2D eigenvalue weighted by Gasteiger charge is -2.10. The van der Waals surface area contributed by atoms with Gasteiger partial charge in [0.05, 0.1) is 18.0 Å². The Morgan fingerprint density at radius 1 is 1.44 bits per heavy atom. The predicted octanol–water partition coefficient (Wildman–Crippen LogP) is 3.29. The molecule has 0 aliphatic rings. The number of furan rings is 1. The smallest absolute Gasteiger partial charge is 0.120 e. The molecule has 0 spiro atoms. The molecular formula is C12H13BrN2O. The quantitative estimate of drug-likeness (QED) is 0.934. The minimum atomic E-state index is 0.195. The molecule has 84 valence electrons. The molecule has 16 heavy (non-hydrogen) atoms. The summed E-state index contributed by atoms with van der Waals surface area (Å²) in [6.45, 7) is 2.80. The van der Waals surface area contributed by atoms with Gasteiger partial charge in [0.15, 0.2) is 0 Å². The first-order valence-electron chi connectivity index (χ1n) is 5.13. The zero-order valence-electron chi connectivity index (χ0n) is 8.98. The largest absolute Gasteiger partial charge is 0.468 e. The molecule has 0 aromatic carbocycles. The first-order chi connectivity index (χ1) is 7.75. The van der Waals surface area contributed by atoms with Gasteiger partial charge in [0.25, 0.3) is 0 Å². The van der Waals surface area contributed by atoms with E-state index in [1.165, 1.54) is 0 Å². The van der Waals surface area contributed by atoms with Crippen molar-refractivity contribution in [1.82, 2.24) is 10.3 Å². The summed E-state index contributed by atoms with van der Waals surface area (Å²) in [6.07, 6.45) is 3.49. The molecule has 3 nitrogen and oxygen atoms in total. The standard InChI is InChI=1S/C12H13BrN2O/c1-9(12-3-2-6-16-12)14-8-11-5-4-10(13)7-15-11/h2-7,9,14H,8H2,1H3/t9-/m1/s1. The van der Waals surface area contributed by atoms with Crippen LogP contribution in [-0.4, -0.2) is 4.98 Å². The number of hydrogen-bond acceptors (Lipinski definition) is 3. The molecule has 2 heterocycles. The van der Waals surface area contributed by atoms with Crippen molar-refractivity contribution in [3.63, 3.8) is 0 Å². The first kappa shape index (κ1) is 11.4. The van der Waals surface area contributed by atoms with E-state index in [0.29, 0.717) is 0 Å². The third-order valence-corrected chi connectivity index (χ3v) is 2.82. The molecule has 4 heteroatoms. The highest BCUT2D eigenvalue weighted by molar-refractivity contribution is 9.10. The van der Waals surface area contributed by atoms with Gasteiger partial charge in [-0.1, -0.05) is 0 Å². The average Bonchev–Trinajstić information content (AvgIpc) is 2.81. The van der Waals surface area contributed by atoms with Crippen molar-refractivity contribution in [2.75, 3.05) is 0 Å².